The van der Waals surface area contributed by atoms with E-state index in [0.717, 1.165) is 30.7 Å². The van der Waals surface area contributed by atoms with Crippen LogP contribution in [0.2, 0.25) is 5.02 Å². The van der Waals surface area contributed by atoms with Crippen LogP contribution in [-0.2, 0) is 6.42 Å². The lowest BCUT2D eigenvalue weighted by atomic mass is 9.86. The molecule has 170 valence electrons. The van der Waals surface area contributed by atoms with Gasteiger partial charge in [-0.15, -0.1) is 0 Å². The van der Waals surface area contributed by atoms with E-state index in [1.54, 1.807) is 0 Å². The molecule has 0 aromatic heterocycles. The van der Waals surface area contributed by atoms with Crippen molar-refractivity contribution in [3.05, 3.63) is 110 Å². The van der Waals surface area contributed by atoms with Crippen LogP contribution in [0.3, 0.4) is 0 Å². The van der Waals surface area contributed by atoms with E-state index in [0.29, 0.717) is 0 Å². The van der Waals surface area contributed by atoms with E-state index in [-0.39, 0.29) is 0 Å². The summed E-state index contributed by atoms with van der Waals surface area (Å²) >= 11 is 6.31. The van der Waals surface area contributed by atoms with Crippen LogP contribution in [0, 0.1) is 13.8 Å². The molecule has 1 aliphatic carbocycles. The summed E-state index contributed by atoms with van der Waals surface area (Å²) < 4.78 is 0. The van der Waals surface area contributed by atoms with Crippen LogP contribution in [0.5, 0.6) is 0 Å². The highest BCUT2D eigenvalue weighted by Crippen LogP contribution is 2.41. The van der Waals surface area contributed by atoms with Gasteiger partial charge in [-0.05, 0) is 103 Å². The Morgan fingerprint density at radius 2 is 1.64 bits per heavy atom. The van der Waals surface area contributed by atoms with Crippen molar-refractivity contribution in [1.29, 1.82) is 0 Å². The van der Waals surface area contributed by atoms with Gasteiger partial charge in [-0.1, -0.05) is 97.6 Å². The van der Waals surface area contributed by atoms with Gasteiger partial charge in [-0.2, -0.15) is 0 Å². The highest BCUT2D eigenvalue weighted by atomic mass is 35.5. The molecule has 3 aromatic rings. The van der Waals surface area contributed by atoms with Crippen molar-refractivity contribution in [1.82, 2.24) is 0 Å². The van der Waals surface area contributed by atoms with E-state index in [4.69, 9.17) is 11.6 Å². The summed E-state index contributed by atoms with van der Waals surface area (Å²) in [7, 11) is 0. The van der Waals surface area contributed by atoms with Gasteiger partial charge >= 0.3 is 0 Å². The third-order valence-corrected chi connectivity index (χ3v) is 7.05. The number of benzene rings is 3. The molecule has 33 heavy (non-hydrogen) atoms. The summed E-state index contributed by atoms with van der Waals surface area (Å²) in [5.41, 5.74) is 13.7. The fourth-order valence-electron chi connectivity index (χ4n) is 5.13. The Kier molecular flexibility index (Phi) is 7.56. The normalized spacial score (nSPS) is 14.3. The molecule has 0 aliphatic heterocycles. The van der Waals surface area contributed by atoms with Crippen LogP contribution in [0.4, 0.5) is 0 Å². The fourth-order valence-corrected chi connectivity index (χ4v) is 5.36. The summed E-state index contributed by atoms with van der Waals surface area (Å²) in [6, 6.07) is 22.5. The topological polar surface area (TPSA) is 0 Å². The van der Waals surface area contributed by atoms with E-state index in [1.165, 1.54) is 68.5 Å². The second kappa shape index (κ2) is 10.6. The lowest BCUT2D eigenvalue weighted by Gasteiger charge is -2.18. The highest BCUT2D eigenvalue weighted by Gasteiger charge is 2.21. The minimum atomic E-state index is 0.804. The molecule has 0 radical (unpaired) electrons. The minimum Gasteiger partial charge on any atom is -0.0843 e. The van der Waals surface area contributed by atoms with Crippen LogP contribution in [0.15, 0.2) is 66.2 Å². The average molecular weight is 455 g/mol. The maximum absolute atomic E-state index is 6.31. The highest BCUT2D eigenvalue weighted by molar-refractivity contribution is 6.30. The number of rotatable bonds is 6. The lowest BCUT2D eigenvalue weighted by Crippen LogP contribution is -1.98. The molecule has 0 fully saturated rings. The van der Waals surface area contributed by atoms with E-state index in [1.807, 2.05) is 6.07 Å². The SMILES string of the molecule is CCC/C(=C/c1ccc(C2=C(c3ccc(Cl)cc3C)CCCc3cc(C)ccc32)cc1)CC. The van der Waals surface area contributed by atoms with Gasteiger partial charge in [-0.3, -0.25) is 0 Å². The first-order valence-corrected chi connectivity index (χ1v) is 12.8. The zero-order valence-electron chi connectivity index (χ0n) is 20.5. The zero-order chi connectivity index (χ0) is 23.4. The summed E-state index contributed by atoms with van der Waals surface area (Å²) in [5.74, 6) is 0. The number of halogens is 1. The molecule has 0 heterocycles. The smallest absolute Gasteiger partial charge is 0.0409 e. The van der Waals surface area contributed by atoms with Gasteiger partial charge in [0.1, 0.15) is 0 Å². The molecule has 0 N–H and O–H groups in total. The van der Waals surface area contributed by atoms with Crippen molar-refractivity contribution in [3.8, 4) is 0 Å². The van der Waals surface area contributed by atoms with Gasteiger partial charge < -0.3 is 0 Å². The van der Waals surface area contributed by atoms with Gasteiger partial charge in [0, 0.05) is 5.02 Å². The molecule has 0 nitrogen and oxygen atoms in total. The monoisotopic (exact) mass is 454 g/mol. The van der Waals surface area contributed by atoms with Gasteiger partial charge in [-0.25, -0.2) is 0 Å². The fraction of sp³-hybridized carbons (Fsp3) is 0.312. The molecule has 0 atom stereocenters. The lowest BCUT2D eigenvalue weighted by molar-refractivity contribution is 0.859. The summed E-state index contributed by atoms with van der Waals surface area (Å²) in [6.07, 6.45) is 9.22. The van der Waals surface area contributed by atoms with Crippen molar-refractivity contribution in [2.45, 2.75) is 66.2 Å². The first-order chi connectivity index (χ1) is 16.0. The van der Waals surface area contributed by atoms with E-state index in [2.05, 4.69) is 88.4 Å². The third-order valence-electron chi connectivity index (χ3n) is 6.81. The van der Waals surface area contributed by atoms with Gasteiger partial charge in [0.25, 0.3) is 0 Å². The summed E-state index contributed by atoms with van der Waals surface area (Å²) in [4.78, 5) is 0. The molecule has 3 aromatic carbocycles. The van der Waals surface area contributed by atoms with Crippen molar-refractivity contribution >= 4 is 28.8 Å². The standard InChI is InChI=1S/C32H35Cl/c1-5-8-24(6-2)21-25-12-14-26(15-13-25)32-30-17-11-22(3)19-27(30)9-7-10-31(32)29-18-16-28(33)20-23(29)4/h11-21H,5-10H2,1-4H3/b24-21+. The Hall–Kier alpha value is -2.57. The van der Waals surface area contributed by atoms with Crippen LogP contribution in [-0.4, -0.2) is 0 Å². The molecule has 0 amide bonds. The second-order valence-electron chi connectivity index (χ2n) is 9.36. The van der Waals surface area contributed by atoms with Gasteiger partial charge in [0.15, 0.2) is 0 Å². The number of allylic oxidation sites excluding steroid dienone is 2. The van der Waals surface area contributed by atoms with Crippen LogP contribution in [0.25, 0.3) is 17.2 Å². The third kappa shape index (κ3) is 5.33. The predicted octanol–water partition coefficient (Wildman–Crippen LogP) is 9.85. The molecule has 4 rings (SSSR count). The first kappa shape index (κ1) is 23.6. The second-order valence-corrected chi connectivity index (χ2v) is 9.79. The van der Waals surface area contributed by atoms with E-state index >= 15 is 0 Å². The Morgan fingerprint density at radius 3 is 2.33 bits per heavy atom. The largest absolute Gasteiger partial charge is 0.0843 e. The van der Waals surface area contributed by atoms with Gasteiger partial charge in [0.05, 0.1) is 0 Å². The van der Waals surface area contributed by atoms with Crippen LogP contribution >= 0.6 is 11.6 Å². The van der Waals surface area contributed by atoms with Crippen LogP contribution < -0.4 is 0 Å². The molecule has 1 heteroatoms. The molecule has 0 saturated heterocycles. The number of hydrogen-bond acceptors (Lipinski definition) is 0. The molecule has 0 spiro atoms. The Balaban J connectivity index is 1.89. The number of hydrogen-bond donors (Lipinski definition) is 0. The Labute approximate surface area is 205 Å². The number of fused-ring (bicyclic) bond motifs is 1. The van der Waals surface area contributed by atoms with Crippen molar-refractivity contribution in [2.24, 2.45) is 0 Å². The predicted molar refractivity (Wildman–Crippen MR) is 146 cm³/mol. The van der Waals surface area contributed by atoms with Crippen LogP contribution in [0.1, 0.15) is 84.9 Å². The average Bonchev–Trinajstić information content (AvgIpc) is 2.98. The quantitative estimate of drug-likeness (QED) is 0.347. The van der Waals surface area contributed by atoms with Crippen molar-refractivity contribution < 1.29 is 0 Å². The molecular formula is C32H35Cl. The Bertz CT molecular complexity index is 1190. The van der Waals surface area contributed by atoms with Crippen molar-refractivity contribution in [2.75, 3.05) is 0 Å². The maximum atomic E-state index is 6.31. The number of aryl methyl sites for hydroxylation is 3. The molecule has 1 aliphatic rings. The first-order valence-electron chi connectivity index (χ1n) is 12.4. The molecule has 0 bridgehead atoms. The van der Waals surface area contributed by atoms with Crippen molar-refractivity contribution in [3.63, 3.8) is 0 Å². The van der Waals surface area contributed by atoms with E-state index in [9.17, 15) is 0 Å². The molecular weight excluding hydrogens is 420 g/mol. The summed E-state index contributed by atoms with van der Waals surface area (Å²) in [5, 5.41) is 0.804. The minimum absolute atomic E-state index is 0.804. The maximum Gasteiger partial charge on any atom is 0.0409 e. The molecule has 0 unspecified atom stereocenters. The zero-order valence-corrected chi connectivity index (χ0v) is 21.2. The summed E-state index contributed by atoms with van der Waals surface area (Å²) in [6.45, 7) is 8.89. The molecule has 0 saturated carbocycles. The Morgan fingerprint density at radius 1 is 0.879 bits per heavy atom. The van der Waals surface area contributed by atoms with Gasteiger partial charge in [0.2, 0.25) is 0 Å². The van der Waals surface area contributed by atoms with E-state index < -0.39 is 0 Å².